The normalized spacial score (nSPS) is 14.8. The predicted molar refractivity (Wildman–Crippen MR) is 464 cm³/mol. The lowest BCUT2D eigenvalue weighted by Crippen LogP contribution is -2.08. The molecule has 7 aromatic carbocycles. The number of aromatic nitrogens is 15. The summed E-state index contributed by atoms with van der Waals surface area (Å²) in [4.78, 5) is 58.3. The van der Waals surface area contributed by atoms with Crippen molar-refractivity contribution < 1.29 is 18.1 Å². The molecule has 22 nitrogen and oxygen atoms in total. The number of nitrogens with zero attached hydrogens (tertiary/aromatic N) is 10. The third-order valence-electron chi connectivity index (χ3n) is 23.7. The molecular weight excluding hydrogens is 1470 g/mol. The van der Waals surface area contributed by atoms with Gasteiger partial charge in [0.2, 0.25) is 5.56 Å². The molecule has 118 heavy (non-hydrogen) atoms. The number of benzene rings is 7. The van der Waals surface area contributed by atoms with Crippen LogP contribution in [0.1, 0.15) is 184 Å². The van der Waals surface area contributed by atoms with Gasteiger partial charge in [0.1, 0.15) is 52.2 Å². The van der Waals surface area contributed by atoms with E-state index in [1.165, 1.54) is 51.4 Å². The summed E-state index contributed by atoms with van der Waals surface area (Å²) in [6.07, 6.45) is 17.7. The summed E-state index contributed by atoms with van der Waals surface area (Å²) >= 11 is 0. The van der Waals surface area contributed by atoms with Crippen molar-refractivity contribution in [3.05, 3.63) is 260 Å². The van der Waals surface area contributed by atoms with Crippen LogP contribution < -0.4 is 16.2 Å². The number of nitrogens with one attached hydrogen (secondary N) is 7. The third kappa shape index (κ3) is 13.2. The number of hydrogen-bond acceptors (Lipinski definition) is 17. The van der Waals surface area contributed by atoms with E-state index >= 15 is 0 Å². The van der Waals surface area contributed by atoms with Crippen LogP contribution in [0.15, 0.2) is 164 Å². The first kappa shape index (κ1) is 73.0. The lowest BCUT2D eigenvalue weighted by atomic mass is 9.90. The van der Waals surface area contributed by atoms with Gasteiger partial charge in [0.15, 0.2) is 0 Å². The van der Waals surface area contributed by atoms with Crippen molar-refractivity contribution in [3.8, 4) is 89.0 Å². The first-order valence-electron chi connectivity index (χ1n) is 40.5. The third-order valence-corrected chi connectivity index (χ3v) is 23.7. The molecule has 0 bridgehead atoms. The van der Waals surface area contributed by atoms with Gasteiger partial charge in [0.25, 0.3) is 0 Å². The molecule has 2 aliphatic heterocycles. The Balaban J connectivity index is 0.000000101. The minimum absolute atomic E-state index is 0.106. The van der Waals surface area contributed by atoms with Crippen LogP contribution in [0.5, 0.6) is 0 Å². The van der Waals surface area contributed by atoms with Gasteiger partial charge < -0.3 is 53.6 Å². The lowest BCUT2D eigenvalue weighted by Gasteiger charge is -2.19. The number of aryl methyl sites for hydroxylation is 11. The molecule has 0 spiro atoms. The zero-order valence-electron chi connectivity index (χ0n) is 67.7. The summed E-state index contributed by atoms with van der Waals surface area (Å²) in [7, 11) is 0. The van der Waals surface area contributed by atoms with E-state index in [-0.39, 0.29) is 5.56 Å². The second-order valence-corrected chi connectivity index (χ2v) is 32.4. The van der Waals surface area contributed by atoms with Gasteiger partial charge in [-0.3, -0.25) is 4.79 Å². The Labute approximate surface area is 679 Å². The van der Waals surface area contributed by atoms with Crippen LogP contribution in [0.4, 0.5) is 0 Å². The quantitative estimate of drug-likeness (QED) is 0.0598. The molecule has 0 atom stereocenters. The van der Waals surface area contributed by atoms with Crippen molar-refractivity contribution in [2.75, 3.05) is 0 Å². The average molecular weight is 1560 g/mol. The van der Waals surface area contributed by atoms with Crippen molar-refractivity contribution in [1.82, 2.24) is 86.1 Å². The summed E-state index contributed by atoms with van der Waals surface area (Å²) < 4.78 is 21.8. The highest BCUT2D eigenvalue weighted by molar-refractivity contribution is 6.06. The standard InChI is InChI=1S/2C25H22N4O.C24H20N4O2.C22H23N5O/c2*1-13-18-5-4-6-19(20(18)9-10-26-13)21-11-17(23-14(2)29-30-15(23)3)12-22-24(21)28-25(27-22)16-7-8-16;1-12-22(13(2)30-28-12)15-10-18(23-20(11-15)26-24(27-23)14-6-7-14)16-4-3-5-19-17(16)8-9-21(29)25-19;1-10-19(11(2)24-14(5)23-10)17-8-16(20-12(3)27-28-13(20)4)9-18-21(17)26-22(25-18)15-6-7-15/h2*4-6,9-12,16,26H,1,7-8H2,2-3H3,(H,27,28);3-5,8-11,14H,6-7H2,1-2H3,(H,25,29)(H,26,27);8-9,15H,6-7H2,1-5H3,(H,25,26). The Bertz CT molecular complexity index is 6840. The van der Waals surface area contributed by atoms with Crippen molar-refractivity contribution in [2.24, 2.45) is 0 Å². The topological polar surface area (TPSA) is 302 Å². The molecule has 0 amide bonds. The summed E-state index contributed by atoms with van der Waals surface area (Å²) in [6.45, 7) is 30.1. The highest BCUT2D eigenvalue weighted by Gasteiger charge is 2.34. The highest BCUT2D eigenvalue weighted by Crippen LogP contribution is 2.49. The maximum absolute atomic E-state index is 11.8. The number of hydrogen-bond donors (Lipinski definition) is 7. The molecular formula is C96H87N17O5. The Morgan fingerprint density at radius 1 is 0.322 bits per heavy atom. The highest BCUT2D eigenvalue weighted by atomic mass is 16.5. The van der Waals surface area contributed by atoms with Gasteiger partial charge in [-0.1, -0.05) is 82.3 Å². The van der Waals surface area contributed by atoms with Crippen LogP contribution in [0.3, 0.4) is 0 Å². The van der Waals surface area contributed by atoms with Crippen LogP contribution in [0, 0.1) is 76.2 Å². The number of aromatic amines is 5. The first-order chi connectivity index (χ1) is 57.2. The SMILES string of the molecule is C=C1NC=Cc2c1cccc2-c1cc(-c2c(C)noc2C)cc2[nH]c(C3CC3)nc12.C=C1NC=Cc2c1cccc2-c1cc(-c2c(C)noc2C)cc2[nH]c(C3CC3)nc12.Cc1nc(C)c(-c2cc(-c3c(C)noc3C)cc3[nH]c(C4CC4)nc23)c(C)n1.Cc1noc(C)c1-c1cc(-c2cccc3[nH]c(=O)ccc23)c2nc(C3CC3)[nH]c2c1. The second kappa shape index (κ2) is 28.5. The first-order valence-corrected chi connectivity index (χ1v) is 40.5. The van der Waals surface area contributed by atoms with Crippen LogP contribution in [-0.4, -0.2) is 75.5 Å². The van der Waals surface area contributed by atoms with Crippen LogP contribution in [0.2, 0.25) is 0 Å². The van der Waals surface area contributed by atoms with Crippen LogP contribution in [0.25, 0.3) is 168 Å². The van der Waals surface area contributed by atoms with E-state index in [0.717, 1.165) is 264 Å². The van der Waals surface area contributed by atoms with Crippen molar-refractivity contribution in [3.63, 3.8) is 0 Å². The van der Waals surface area contributed by atoms with Crippen molar-refractivity contribution in [1.29, 1.82) is 0 Å². The smallest absolute Gasteiger partial charge is 0.248 e. The molecule has 7 N–H and O–H groups in total. The fourth-order valence-electron chi connectivity index (χ4n) is 17.5. The lowest BCUT2D eigenvalue weighted by molar-refractivity contribution is 0.393. The van der Waals surface area contributed by atoms with Crippen LogP contribution >= 0.6 is 0 Å². The number of rotatable bonds is 12. The van der Waals surface area contributed by atoms with Gasteiger partial charge in [-0.15, -0.1) is 0 Å². The largest absolute Gasteiger partial charge is 0.362 e. The Hall–Kier alpha value is -13.9. The van der Waals surface area contributed by atoms with Crippen molar-refractivity contribution >= 4 is 78.6 Å². The van der Waals surface area contributed by atoms with E-state index in [1.807, 2.05) is 107 Å². The molecule has 6 aliphatic rings. The number of fused-ring (bicyclic) bond motifs is 7. The minimum Gasteiger partial charge on any atom is -0.362 e. The van der Waals surface area contributed by atoms with E-state index in [1.54, 1.807) is 6.07 Å². The molecule has 10 aromatic heterocycles. The number of pyridine rings is 1. The average Bonchev–Trinajstić information content (AvgIpc) is 1.44. The molecule has 0 radical (unpaired) electrons. The minimum atomic E-state index is -0.106. The maximum Gasteiger partial charge on any atom is 0.248 e. The zero-order valence-corrected chi connectivity index (χ0v) is 67.7. The molecule has 0 saturated heterocycles. The molecule has 17 aromatic rings. The van der Waals surface area contributed by atoms with Gasteiger partial charge in [-0.05, 0) is 250 Å². The van der Waals surface area contributed by atoms with Gasteiger partial charge >= 0.3 is 0 Å². The maximum atomic E-state index is 11.8. The van der Waals surface area contributed by atoms with Crippen molar-refractivity contribution in [2.45, 2.75) is 151 Å². The molecule has 4 fully saturated rings. The molecule has 586 valence electrons. The zero-order chi connectivity index (χ0) is 80.8. The monoisotopic (exact) mass is 1560 g/mol. The second-order valence-electron chi connectivity index (χ2n) is 32.4. The fraction of sp³-hybridized carbons (Fsp3) is 0.240. The van der Waals surface area contributed by atoms with E-state index < -0.39 is 0 Å². The van der Waals surface area contributed by atoms with Gasteiger partial charge in [-0.25, -0.2) is 29.9 Å². The number of imidazole rings is 4. The van der Waals surface area contributed by atoms with Crippen LogP contribution in [-0.2, 0) is 0 Å². The fourth-order valence-corrected chi connectivity index (χ4v) is 17.5. The molecule has 12 heterocycles. The molecule has 23 rings (SSSR count). The summed E-state index contributed by atoms with van der Waals surface area (Å²) in [5, 5.41) is 24.0. The van der Waals surface area contributed by atoms with E-state index in [9.17, 15) is 4.79 Å². The molecule has 4 aliphatic carbocycles. The summed E-state index contributed by atoms with van der Waals surface area (Å²) in [6, 6.07) is 39.6. The van der Waals surface area contributed by atoms with E-state index in [4.69, 9.17) is 38.0 Å². The Kier molecular flexibility index (Phi) is 17.7. The molecule has 4 saturated carbocycles. The molecule has 22 heteroatoms. The van der Waals surface area contributed by atoms with E-state index in [2.05, 4.69) is 182 Å². The Morgan fingerprint density at radius 3 is 0.992 bits per heavy atom. The number of H-pyrrole nitrogens is 5. The van der Waals surface area contributed by atoms with Gasteiger partial charge in [0.05, 0.1) is 66.9 Å². The summed E-state index contributed by atoms with van der Waals surface area (Å²) in [5.41, 5.74) is 37.8. The summed E-state index contributed by atoms with van der Waals surface area (Å²) in [5.74, 6) is 10.6. The predicted octanol–water partition coefficient (Wildman–Crippen LogP) is 22.2. The van der Waals surface area contributed by atoms with Gasteiger partial charge in [0, 0.05) is 137 Å². The van der Waals surface area contributed by atoms with Gasteiger partial charge in [-0.2, -0.15) is 0 Å². The Morgan fingerprint density at radius 2 is 0.644 bits per heavy atom. The molecule has 0 unspecified atom stereocenters. The van der Waals surface area contributed by atoms with E-state index in [0.29, 0.717) is 23.7 Å².